The van der Waals surface area contributed by atoms with Gasteiger partial charge in [0.25, 0.3) is 11.8 Å². The van der Waals surface area contributed by atoms with Gasteiger partial charge in [0.05, 0.1) is 13.0 Å². The average Bonchev–Trinajstić information content (AvgIpc) is 3.35. The number of rotatable bonds is 6. The second-order valence-electron chi connectivity index (χ2n) is 8.53. The van der Waals surface area contributed by atoms with Gasteiger partial charge in [0.2, 0.25) is 15.9 Å². The first-order chi connectivity index (χ1) is 16.0. The van der Waals surface area contributed by atoms with Crippen LogP contribution in [0, 0.1) is 5.92 Å². The van der Waals surface area contributed by atoms with Crippen molar-refractivity contribution in [2.24, 2.45) is 5.92 Å². The Kier molecular flexibility index (Phi) is 7.54. The van der Waals surface area contributed by atoms with E-state index in [1.807, 2.05) is 0 Å². The van der Waals surface area contributed by atoms with E-state index in [0.29, 0.717) is 24.5 Å². The molecule has 1 aromatic carbocycles. The van der Waals surface area contributed by atoms with Crippen LogP contribution >= 0.6 is 11.3 Å². The second kappa shape index (κ2) is 10.7. The molecular formula is C23H29N5O4S. The van der Waals surface area contributed by atoms with E-state index < -0.39 is 5.91 Å². The van der Waals surface area contributed by atoms with Gasteiger partial charge in [-0.3, -0.25) is 14.4 Å². The van der Waals surface area contributed by atoms with Crippen molar-refractivity contribution < 1.29 is 19.1 Å². The predicted molar refractivity (Wildman–Crippen MR) is 124 cm³/mol. The molecule has 0 radical (unpaired) electrons. The summed E-state index contributed by atoms with van der Waals surface area (Å²) in [6.45, 7) is 0.934. The zero-order valence-corrected chi connectivity index (χ0v) is 19.5. The van der Waals surface area contributed by atoms with Gasteiger partial charge in [-0.05, 0) is 49.9 Å². The molecule has 1 aliphatic heterocycles. The highest BCUT2D eigenvalue weighted by molar-refractivity contribution is 7.15. The van der Waals surface area contributed by atoms with Gasteiger partial charge in [0.15, 0.2) is 0 Å². The molecule has 33 heavy (non-hydrogen) atoms. The Labute approximate surface area is 196 Å². The number of ether oxygens (including phenoxy) is 1. The Bertz CT molecular complexity index is 987. The maximum Gasteiger partial charge on any atom is 0.286 e. The van der Waals surface area contributed by atoms with Crippen molar-refractivity contribution in [1.29, 1.82) is 0 Å². The Hall–Kier alpha value is -3.01. The van der Waals surface area contributed by atoms with Crippen LogP contribution in [0.5, 0.6) is 5.75 Å². The first-order valence-electron chi connectivity index (χ1n) is 11.4. The average molecular weight is 472 g/mol. The Morgan fingerprint density at radius 2 is 1.73 bits per heavy atom. The van der Waals surface area contributed by atoms with E-state index in [-0.39, 0.29) is 33.8 Å². The molecule has 2 heterocycles. The minimum atomic E-state index is -0.430. The lowest BCUT2D eigenvalue weighted by atomic mass is 9.93. The topological polar surface area (TPSA) is 114 Å². The number of carbonyl (C=O) groups is 3. The molecule has 1 saturated carbocycles. The lowest BCUT2D eigenvalue weighted by molar-refractivity contribution is -0.127. The number of methoxy groups -OCH3 is 1. The van der Waals surface area contributed by atoms with E-state index >= 15 is 0 Å². The van der Waals surface area contributed by atoms with E-state index in [0.717, 1.165) is 49.9 Å². The van der Waals surface area contributed by atoms with Gasteiger partial charge in [0.1, 0.15) is 5.75 Å². The third-order valence-electron chi connectivity index (χ3n) is 6.18. The molecule has 9 nitrogen and oxygen atoms in total. The van der Waals surface area contributed by atoms with Crippen molar-refractivity contribution in [1.82, 2.24) is 20.4 Å². The molecule has 0 unspecified atom stereocenters. The van der Waals surface area contributed by atoms with Crippen LogP contribution in [0.2, 0.25) is 0 Å². The lowest BCUT2D eigenvalue weighted by Gasteiger charge is -2.33. The smallest absolute Gasteiger partial charge is 0.286 e. The molecule has 4 rings (SSSR count). The summed E-state index contributed by atoms with van der Waals surface area (Å²) in [4.78, 5) is 39.9. The summed E-state index contributed by atoms with van der Waals surface area (Å²) in [6.07, 6.45) is 7.16. The minimum absolute atomic E-state index is 0.0382. The monoisotopic (exact) mass is 471 g/mol. The number of piperidine rings is 1. The predicted octanol–water partition coefficient (Wildman–Crippen LogP) is 3.10. The summed E-state index contributed by atoms with van der Waals surface area (Å²) in [6, 6.07) is 7.17. The molecule has 1 saturated heterocycles. The van der Waals surface area contributed by atoms with Crippen LogP contribution in [0.15, 0.2) is 24.3 Å². The summed E-state index contributed by atoms with van der Waals surface area (Å²) in [7, 11) is 1.57. The Balaban J connectivity index is 1.33. The van der Waals surface area contributed by atoms with Crippen LogP contribution in [0.25, 0.3) is 0 Å². The van der Waals surface area contributed by atoms with E-state index in [4.69, 9.17) is 4.74 Å². The highest BCUT2D eigenvalue weighted by Gasteiger charge is 2.32. The third-order valence-corrected chi connectivity index (χ3v) is 7.09. The molecule has 0 spiro atoms. The van der Waals surface area contributed by atoms with E-state index in [2.05, 4.69) is 20.8 Å². The summed E-state index contributed by atoms with van der Waals surface area (Å²) in [5.41, 5.74) is 0.590. The zero-order chi connectivity index (χ0) is 23.2. The molecule has 2 N–H and O–H groups in total. The minimum Gasteiger partial charge on any atom is -0.497 e. The van der Waals surface area contributed by atoms with Crippen LogP contribution in [-0.2, 0) is 4.79 Å². The number of benzene rings is 1. The van der Waals surface area contributed by atoms with Gasteiger partial charge < -0.3 is 20.3 Å². The maximum absolute atomic E-state index is 13.0. The third kappa shape index (κ3) is 5.87. The second-order valence-corrected chi connectivity index (χ2v) is 9.51. The molecule has 2 fully saturated rings. The molecule has 1 atom stereocenters. The van der Waals surface area contributed by atoms with E-state index in [1.165, 1.54) is 6.42 Å². The quantitative estimate of drug-likeness (QED) is 0.669. The molecule has 176 valence electrons. The molecule has 2 aromatic rings. The van der Waals surface area contributed by atoms with Crippen molar-refractivity contribution >= 4 is 34.7 Å². The molecule has 1 aliphatic carbocycles. The number of hydrogen-bond donors (Lipinski definition) is 2. The number of hydrogen-bond acceptors (Lipinski definition) is 7. The van der Waals surface area contributed by atoms with Crippen LogP contribution in [0.3, 0.4) is 0 Å². The number of likely N-dealkylation sites (tertiary alicyclic amines) is 1. The summed E-state index contributed by atoms with van der Waals surface area (Å²) < 4.78 is 5.11. The van der Waals surface area contributed by atoms with E-state index in [1.54, 1.807) is 36.3 Å². The summed E-state index contributed by atoms with van der Waals surface area (Å²) in [5, 5.41) is 14.0. The van der Waals surface area contributed by atoms with Gasteiger partial charge >= 0.3 is 0 Å². The lowest BCUT2D eigenvalue weighted by Crippen LogP contribution is -2.47. The van der Waals surface area contributed by atoms with Crippen molar-refractivity contribution in [2.45, 2.75) is 51.0 Å². The van der Waals surface area contributed by atoms with Gasteiger partial charge in [0, 0.05) is 24.8 Å². The number of carbonyl (C=O) groups excluding carboxylic acids is 3. The van der Waals surface area contributed by atoms with Gasteiger partial charge in [-0.25, -0.2) is 0 Å². The molecule has 2 aliphatic rings. The van der Waals surface area contributed by atoms with Crippen molar-refractivity contribution in [3.63, 3.8) is 0 Å². The number of anilines is 1. The summed E-state index contributed by atoms with van der Waals surface area (Å²) >= 11 is 0.957. The zero-order valence-electron chi connectivity index (χ0n) is 18.7. The van der Waals surface area contributed by atoms with Crippen LogP contribution in [0.1, 0.15) is 64.6 Å². The number of nitrogens with one attached hydrogen (secondary N) is 2. The fraction of sp³-hybridized carbons (Fsp3) is 0.522. The molecule has 3 amide bonds. The number of amides is 3. The van der Waals surface area contributed by atoms with E-state index in [9.17, 15) is 14.4 Å². The van der Waals surface area contributed by atoms with Gasteiger partial charge in [-0.2, -0.15) is 0 Å². The molecule has 0 bridgehead atoms. The van der Waals surface area contributed by atoms with Crippen LogP contribution < -0.4 is 15.4 Å². The fourth-order valence-electron chi connectivity index (χ4n) is 4.34. The largest absolute Gasteiger partial charge is 0.497 e. The van der Waals surface area contributed by atoms with Gasteiger partial charge in [-0.1, -0.05) is 30.6 Å². The highest BCUT2D eigenvalue weighted by atomic mass is 32.1. The summed E-state index contributed by atoms with van der Waals surface area (Å²) in [5.74, 6) is -0.207. The van der Waals surface area contributed by atoms with Crippen LogP contribution in [-0.4, -0.2) is 59.1 Å². The first kappa shape index (κ1) is 23.2. The standard InChI is InChI=1S/C23H29N5O4S/c1-32-18-11-9-17(10-12-18)25-20(30)21-26-27-22(33-21)23(31)28-13-5-6-15(14-28)19(29)24-16-7-3-2-4-8-16/h9-12,15-16H,2-8,13-14H2,1H3,(H,24,29)(H,25,30)/t15-/m0/s1. The molecule has 10 heteroatoms. The van der Waals surface area contributed by atoms with Crippen molar-refractivity contribution in [3.8, 4) is 5.75 Å². The highest BCUT2D eigenvalue weighted by Crippen LogP contribution is 2.23. The fourth-order valence-corrected chi connectivity index (χ4v) is 5.04. The Morgan fingerprint density at radius 1 is 1.00 bits per heavy atom. The van der Waals surface area contributed by atoms with Gasteiger partial charge in [-0.15, -0.1) is 10.2 Å². The SMILES string of the molecule is COc1ccc(NC(=O)c2nnc(C(=O)N3CCC[C@H](C(=O)NC4CCCCC4)C3)s2)cc1. The first-order valence-corrected chi connectivity index (χ1v) is 12.2. The maximum atomic E-state index is 13.0. The van der Waals surface area contributed by atoms with Crippen molar-refractivity contribution in [3.05, 3.63) is 34.3 Å². The Morgan fingerprint density at radius 3 is 2.45 bits per heavy atom. The molecular weight excluding hydrogens is 442 g/mol. The van der Waals surface area contributed by atoms with Crippen LogP contribution in [0.4, 0.5) is 5.69 Å². The number of aromatic nitrogens is 2. The number of nitrogens with zero attached hydrogens (tertiary/aromatic N) is 3. The molecule has 1 aromatic heterocycles. The normalized spacial score (nSPS) is 19.1. The van der Waals surface area contributed by atoms with Crippen molar-refractivity contribution in [2.75, 3.05) is 25.5 Å².